The Hall–Kier alpha value is -2.51. The molecule has 0 bridgehead atoms. The second kappa shape index (κ2) is 15.1. The largest absolute Gasteiger partial charge is 0.466 e. The number of hydroxylamine groups is 2. The summed E-state index contributed by atoms with van der Waals surface area (Å²) in [7, 11) is 0.642. The number of rotatable bonds is 15. The van der Waals surface area contributed by atoms with Crippen LogP contribution in [0.2, 0.25) is 12.1 Å². The number of pyridine rings is 1. The van der Waals surface area contributed by atoms with Crippen LogP contribution >= 0.6 is 0 Å². The van der Waals surface area contributed by atoms with E-state index in [-0.39, 0.29) is 29.7 Å². The Morgan fingerprint density at radius 2 is 1.76 bits per heavy atom. The quantitative estimate of drug-likeness (QED) is 0.127. The van der Waals surface area contributed by atoms with Gasteiger partial charge in [0.15, 0.2) is 0 Å². The summed E-state index contributed by atoms with van der Waals surface area (Å²) in [6.07, 6.45) is 8.57. The van der Waals surface area contributed by atoms with Crippen molar-refractivity contribution in [3.05, 3.63) is 66.0 Å². The number of hydrogen-bond acceptors (Lipinski definition) is 6. The molecule has 6 atom stereocenters. The van der Waals surface area contributed by atoms with Crippen LogP contribution in [0.5, 0.6) is 0 Å². The normalized spacial score (nSPS) is 25.3. The summed E-state index contributed by atoms with van der Waals surface area (Å²) in [5.74, 6) is 0.0126. The second-order valence-electron chi connectivity index (χ2n) is 12.4. The molecule has 3 rings (SSSR count). The van der Waals surface area contributed by atoms with Gasteiger partial charge in [-0.3, -0.25) is 19.4 Å². The number of hydrogen-bond donors (Lipinski definition) is 0. The highest BCUT2D eigenvalue weighted by atomic mass is 16.7. The molecule has 0 N–H and O–H groups in total. The van der Waals surface area contributed by atoms with E-state index in [0.717, 1.165) is 31.2 Å². The van der Waals surface area contributed by atoms with Crippen molar-refractivity contribution in [2.24, 2.45) is 5.92 Å². The molecule has 2 heterocycles. The van der Waals surface area contributed by atoms with Gasteiger partial charge in [0.25, 0.3) is 0 Å². The predicted molar refractivity (Wildman–Crippen MR) is 167 cm³/mol. The van der Waals surface area contributed by atoms with E-state index < -0.39 is 11.1 Å². The Bertz CT molecular complexity index is 1100. The van der Waals surface area contributed by atoms with Gasteiger partial charge < -0.3 is 4.74 Å². The standard InChI is InChI=1S/C34H51BN2O4/c1-8-11-21-40-32(39)29(22-25(4)27-15-13-12-14-16-27)35-24-31(28-17-19-36-20-18-28)41-37-33(6,9-2)23-30(38)26(5)34(37,7)10-3/h12-20,25-26,29,31,35H,8-11,21-24H2,1-7H3. The van der Waals surface area contributed by atoms with Crippen LogP contribution in [0.3, 0.4) is 0 Å². The number of carbonyl (C=O) groups is 2. The number of carbonyl (C=O) groups excluding carboxylic acids is 2. The summed E-state index contributed by atoms with van der Waals surface area (Å²) in [6, 6.07) is 14.4. The van der Waals surface area contributed by atoms with Crippen molar-refractivity contribution in [2.75, 3.05) is 6.61 Å². The molecule has 1 fully saturated rings. The van der Waals surface area contributed by atoms with Crippen molar-refractivity contribution in [3.8, 4) is 0 Å². The van der Waals surface area contributed by atoms with Crippen molar-refractivity contribution in [1.82, 2.24) is 10.0 Å². The molecule has 6 nitrogen and oxygen atoms in total. The topological polar surface area (TPSA) is 68.7 Å². The summed E-state index contributed by atoms with van der Waals surface area (Å²) in [4.78, 5) is 37.8. The Balaban J connectivity index is 1.89. The zero-order valence-corrected chi connectivity index (χ0v) is 26.4. The van der Waals surface area contributed by atoms with Crippen LogP contribution in [-0.4, -0.2) is 46.8 Å². The molecule has 0 saturated carbocycles. The lowest BCUT2D eigenvalue weighted by Gasteiger charge is -2.56. The average molecular weight is 563 g/mol. The van der Waals surface area contributed by atoms with Crippen LogP contribution in [0.4, 0.5) is 0 Å². The van der Waals surface area contributed by atoms with Gasteiger partial charge in [0.2, 0.25) is 0 Å². The van der Waals surface area contributed by atoms with Crippen LogP contribution in [0.25, 0.3) is 0 Å². The van der Waals surface area contributed by atoms with E-state index in [0.29, 0.717) is 38.8 Å². The molecule has 0 radical (unpaired) electrons. The summed E-state index contributed by atoms with van der Waals surface area (Å²) >= 11 is 0. The van der Waals surface area contributed by atoms with Crippen molar-refractivity contribution in [3.63, 3.8) is 0 Å². The first kappa shape index (κ1) is 33.0. The van der Waals surface area contributed by atoms with Gasteiger partial charge in [0, 0.05) is 30.5 Å². The number of unbranched alkanes of at least 4 members (excludes halogenated alkanes) is 1. The highest BCUT2D eigenvalue weighted by molar-refractivity contribution is 6.43. The molecule has 224 valence electrons. The smallest absolute Gasteiger partial charge is 0.301 e. The first-order valence-electron chi connectivity index (χ1n) is 15.7. The van der Waals surface area contributed by atoms with Gasteiger partial charge in [-0.15, -0.1) is 0 Å². The number of esters is 1. The SMILES string of the molecule is CCCCOC(=O)C(BCC(ON1C(C)(CC)CC(=O)C(C)C1(C)CC)c1ccncc1)CC(C)c1ccccc1. The van der Waals surface area contributed by atoms with Crippen molar-refractivity contribution in [1.29, 1.82) is 0 Å². The average Bonchev–Trinajstić information content (AvgIpc) is 2.99. The fraction of sp³-hybridized carbons (Fsp3) is 0.618. The van der Waals surface area contributed by atoms with E-state index in [1.807, 2.05) is 37.3 Å². The van der Waals surface area contributed by atoms with Gasteiger partial charge in [-0.25, -0.2) is 0 Å². The van der Waals surface area contributed by atoms with Crippen molar-refractivity contribution < 1.29 is 19.2 Å². The molecule has 2 aromatic rings. The van der Waals surface area contributed by atoms with Gasteiger partial charge in [-0.2, -0.15) is 5.06 Å². The molecular weight excluding hydrogens is 511 g/mol. The lowest BCUT2D eigenvalue weighted by Crippen LogP contribution is -2.66. The maximum atomic E-state index is 13.4. The lowest BCUT2D eigenvalue weighted by molar-refractivity contribution is -0.315. The minimum Gasteiger partial charge on any atom is -0.466 e. The highest BCUT2D eigenvalue weighted by Crippen LogP contribution is 2.46. The van der Waals surface area contributed by atoms with E-state index in [1.165, 1.54) is 5.56 Å². The zero-order chi connectivity index (χ0) is 30.0. The Labute approximate surface area is 248 Å². The number of ether oxygens (including phenoxy) is 1. The number of piperidine rings is 1. The van der Waals surface area contributed by atoms with E-state index in [2.05, 4.69) is 63.7 Å². The minimum absolute atomic E-state index is 0.122. The van der Waals surface area contributed by atoms with Crippen LogP contribution in [0.1, 0.15) is 110 Å². The minimum atomic E-state index is -0.439. The zero-order valence-electron chi connectivity index (χ0n) is 26.4. The molecule has 0 aliphatic carbocycles. The second-order valence-corrected chi connectivity index (χ2v) is 12.4. The number of nitrogens with zero attached hydrogens (tertiary/aromatic N) is 2. The van der Waals surface area contributed by atoms with E-state index in [9.17, 15) is 9.59 Å². The summed E-state index contributed by atoms with van der Waals surface area (Å²) in [5.41, 5.74) is 1.40. The highest BCUT2D eigenvalue weighted by Gasteiger charge is 2.54. The van der Waals surface area contributed by atoms with Crippen LogP contribution in [0.15, 0.2) is 54.9 Å². The molecule has 1 aliphatic rings. The van der Waals surface area contributed by atoms with Crippen LogP contribution in [0, 0.1) is 5.92 Å². The molecule has 1 aromatic carbocycles. The molecule has 1 aromatic heterocycles. The van der Waals surface area contributed by atoms with Gasteiger partial charge in [0.05, 0.1) is 23.8 Å². The Morgan fingerprint density at radius 1 is 1.07 bits per heavy atom. The van der Waals surface area contributed by atoms with Crippen LogP contribution in [-0.2, 0) is 19.2 Å². The summed E-state index contributed by atoms with van der Waals surface area (Å²) in [6.45, 7) is 15.3. The van der Waals surface area contributed by atoms with Crippen molar-refractivity contribution >= 4 is 19.0 Å². The lowest BCUT2D eigenvalue weighted by atomic mass is 9.57. The van der Waals surface area contributed by atoms with Gasteiger partial charge in [-0.1, -0.05) is 71.4 Å². The summed E-state index contributed by atoms with van der Waals surface area (Å²) in [5, 5.41) is 2.15. The maximum absolute atomic E-state index is 13.4. The molecule has 0 spiro atoms. The summed E-state index contributed by atoms with van der Waals surface area (Å²) < 4.78 is 5.76. The molecule has 0 amide bonds. The monoisotopic (exact) mass is 562 g/mol. The first-order chi connectivity index (χ1) is 19.6. The van der Waals surface area contributed by atoms with Gasteiger partial charge in [-0.05, 0) is 75.0 Å². The van der Waals surface area contributed by atoms with Gasteiger partial charge >= 0.3 is 5.97 Å². The number of Topliss-reactive ketones (excluding diaryl/α,β-unsaturated/α-hetero) is 1. The third kappa shape index (κ3) is 8.07. The number of ketones is 1. The van der Waals surface area contributed by atoms with Crippen molar-refractivity contribution in [2.45, 2.75) is 122 Å². The molecule has 6 unspecified atom stereocenters. The van der Waals surface area contributed by atoms with E-state index >= 15 is 0 Å². The van der Waals surface area contributed by atoms with Crippen LogP contribution < -0.4 is 0 Å². The Kier molecular flexibility index (Phi) is 12.2. The molecule has 41 heavy (non-hydrogen) atoms. The van der Waals surface area contributed by atoms with E-state index in [1.54, 1.807) is 12.4 Å². The van der Waals surface area contributed by atoms with Gasteiger partial charge in [0.1, 0.15) is 13.1 Å². The van der Waals surface area contributed by atoms with E-state index in [4.69, 9.17) is 9.57 Å². The third-order valence-corrected chi connectivity index (χ3v) is 9.57. The molecule has 1 aliphatic heterocycles. The molecule has 1 saturated heterocycles. The number of aromatic nitrogens is 1. The maximum Gasteiger partial charge on any atom is 0.301 e. The fourth-order valence-corrected chi connectivity index (χ4v) is 6.16. The fourth-order valence-electron chi connectivity index (χ4n) is 6.16. The predicted octanol–water partition coefficient (Wildman–Crippen LogP) is 7.48. The molecule has 7 heteroatoms. The molecular formula is C34H51BN2O4. The Morgan fingerprint density at radius 3 is 2.37 bits per heavy atom. The third-order valence-electron chi connectivity index (χ3n) is 9.57. The number of benzene rings is 1. The first-order valence-corrected chi connectivity index (χ1v) is 15.7.